The second kappa shape index (κ2) is 4.89. The first-order valence-corrected chi connectivity index (χ1v) is 5.71. The lowest BCUT2D eigenvalue weighted by Crippen LogP contribution is -2.46. The Labute approximate surface area is 95.0 Å². The van der Waals surface area contributed by atoms with Crippen molar-refractivity contribution in [2.75, 3.05) is 6.54 Å². The second-order valence-corrected chi connectivity index (χ2v) is 4.19. The molecule has 4 heteroatoms. The number of hydrogen-bond donors (Lipinski definition) is 1. The van der Waals surface area contributed by atoms with E-state index in [2.05, 4.69) is 24.1 Å². The summed E-state index contributed by atoms with van der Waals surface area (Å²) in [6, 6.07) is 3.32. The molecule has 0 radical (unpaired) electrons. The van der Waals surface area contributed by atoms with Crippen molar-refractivity contribution in [2.24, 2.45) is 0 Å². The molecule has 16 heavy (non-hydrogen) atoms. The van der Waals surface area contributed by atoms with Gasteiger partial charge in [0.2, 0.25) is 0 Å². The van der Waals surface area contributed by atoms with E-state index < -0.39 is 0 Å². The highest BCUT2D eigenvalue weighted by atomic mass is 19.1. The summed E-state index contributed by atoms with van der Waals surface area (Å²) in [5.74, 6) is -0.313. The fraction of sp³-hybridized carbons (Fsp3) is 0.583. The van der Waals surface area contributed by atoms with Crippen LogP contribution in [0.4, 0.5) is 4.39 Å². The van der Waals surface area contributed by atoms with Crippen LogP contribution < -0.4 is 5.32 Å². The molecule has 0 aromatic carbocycles. The van der Waals surface area contributed by atoms with Crippen LogP contribution in [0.3, 0.4) is 0 Å². The van der Waals surface area contributed by atoms with Crippen LogP contribution in [-0.4, -0.2) is 23.7 Å². The molecule has 0 aliphatic carbocycles. The van der Waals surface area contributed by atoms with Gasteiger partial charge in [0.1, 0.15) is 11.9 Å². The number of hydrogen-bond acceptors (Lipinski definition) is 3. The molecule has 1 aromatic heterocycles. The summed E-state index contributed by atoms with van der Waals surface area (Å²) in [6.07, 6.45) is 2.34. The quantitative estimate of drug-likeness (QED) is 0.834. The topological polar surface area (TPSA) is 34.2 Å². The fourth-order valence-electron chi connectivity index (χ4n) is 1.92. The summed E-state index contributed by atoms with van der Waals surface area (Å²) in [7, 11) is 0. The van der Waals surface area contributed by atoms with E-state index in [0.717, 1.165) is 18.7 Å². The Morgan fingerprint density at radius 1 is 1.56 bits per heavy atom. The van der Waals surface area contributed by atoms with Crippen molar-refractivity contribution in [3.05, 3.63) is 29.8 Å². The van der Waals surface area contributed by atoms with Crippen LogP contribution >= 0.6 is 0 Å². The van der Waals surface area contributed by atoms with Crippen molar-refractivity contribution < 1.29 is 9.13 Å². The average Bonchev–Trinajstić information content (AvgIpc) is 2.31. The molecule has 0 saturated carbocycles. The third-order valence-corrected chi connectivity index (χ3v) is 2.96. The van der Waals surface area contributed by atoms with Crippen molar-refractivity contribution in [2.45, 2.75) is 38.5 Å². The maximum Gasteiger partial charge on any atom is 0.141 e. The number of aromatic nitrogens is 1. The maximum atomic E-state index is 12.8. The molecule has 1 aromatic rings. The van der Waals surface area contributed by atoms with Crippen molar-refractivity contribution in [1.82, 2.24) is 10.3 Å². The Hall–Kier alpha value is -1.00. The molecule has 1 fully saturated rings. The molecule has 0 bridgehead atoms. The Bertz CT molecular complexity index is 341. The van der Waals surface area contributed by atoms with E-state index in [1.807, 2.05) is 0 Å². The first kappa shape index (κ1) is 11.5. The van der Waals surface area contributed by atoms with Gasteiger partial charge in [0.05, 0.1) is 18.0 Å². The molecule has 1 saturated heterocycles. The number of rotatable bonds is 2. The third kappa shape index (κ3) is 2.39. The van der Waals surface area contributed by atoms with Crippen molar-refractivity contribution in [3.8, 4) is 0 Å². The molecular weight excluding hydrogens is 207 g/mol. The summed E-state index contributed by atoms with van der Waals surface area (Å²) >= 11 is 0. The van der Waals surface area contributed by atoms with Crippen LogP contribution in [0.2, 0.25) is 0 Å². The lowest BCUT2D eigenvalue weighted by atomic mass is 10.0. The standard InChI is InChI=1S/C12H17FN2O/c1-3-10-7-14-8(2)12(16-10)11-5-4-9(13)6-15-11/h4-6,8,10,12,14H,3,7H2,1-2H3. The molecule has 1 aliphatic rings. The Morgan fingerprint density at radius 2 is 2.38 bits per heavy atom. The molecule has 88 valence electrons. The second-order valence-electron chi connectivity index (χ2n) is 4.19. The molecule has 3 atom stereocenters. The summed E-state index contributed by atoms with van der Waals surface area (Å²) in [5, 5.41) is 3.39. The van der Waals surface area contributed by atoms with Crippen LogP contribution in [0.25, 0.3) is 0 Å². The first-order valence-electron chi connectivity index (χ1n) is 5.71. The van der Waals surface area contributed by atoms with Crippen LogP contribution in [-0.2, 0) is 4.74 Å². The number of morpholine rings is 1. The highest BCUT2D eigenvalue weighted by Crippen LogP contribution is 2.25. The van der Waals surface area contributed by atoms with E-state index in [9.17, 15) is 4.39 Å². The van der Waals surface area contributed by atoms with E-state index >= 15 is 0 Å². The third-order valence-electron chi connectivity index (χ3n) is 2.96. The van der Waals surface area contributed by atoms with Crippen molar-refractivity contribution >= 4 is 0 Å². The molecule has 2 heterocycles. The molecule has 2 rings (SSSR count). The molecule has 3 nitrogen and oxygen atoms in total. The van der Waals surface area contributed by atoms with E-state index in [0.29, 0.717) is 0 Å². The minimum atomic E-state index is -0.313. The van der Waals surface area contributed by atoms with Gasteiger partial charge in [-0.3, -0.25) is 4.98 Å². The van der Waals surface area contributed by atoms with E-state index in [-0.39, 0.29) is 24.1 Å². The Morgan fingerprint density at radius 3 is 3.00 bits per heavy atom. The molecule has 3 unspecified atom stereocenters. The van der Waals surface area contributed by atoms with Crippen molar-refractivity contribution in [3.63, 3.8) is 0 Å². The smallest absolute Gasteiger partial charge is 0.141 e. The highest BCUT2D eigenvalue weighted by molar-refractivity contribution is 5.11. The lowest BCUT2D eigenvalue weighted by molar-refractivity contribution is -0.0642. The van der Waals surface area contributed by atoms with Gasteiger partial charge < -0.3 is 10.1 Å². The molecule has 1 N–H and O–H groups in total. The zero-order chi connectivity index (χ0) is 11.5. The summed E-state index contributed by atoms with van der Waals surface area (Å²) in [5.41, 5.74) is 0.791. The van der Waals surface area contributed by atoms with Gasteiger partial charge in [0, 0.05) is 12.6 Å². The zero-order valence-electron chi connectivity index (χ0n) is 9.61. The molecule has 0 amide bonds. The van der Waals surface area contributed by atoms with Crippen LogP contribution in [0.5, 0.6) is 0 Å². The van der Waals surface area contributed by atoms with Gasteiger partial charge in [-0.2, -0.15) is 0 Å². The summed E-state index contributed by atoms with van der Waals surface area (Å²) in [4.78, 5) is 4.08. The minimum Gasteiger partial charge on any atom is -0.366 e. The monoisotopic (exact) mass is 224 g/mol. The van der Waals surface area contributed by atoms with Crippen LogP contribution in [0, 0.1) is 5.82 Å². The summed E-state index contributed by atoms with van der Waals surface area (Å²) in [6.45, 7) is 5.02. The van der Waals surface area contributed by atoms with E-state index in [1.54, 1.807) is 6.07 Å². The van der Waals surface area contributed by atoms with Gasteiger partial charge in [-0.1, -0.05) is 6.92 Å². The molecular formula is C12H17FN2O. The van der Waals surface area contributed by atoms with Gasteiger partial charge in [-0.25, -0.2) is 4.39 Å². The van der Waals surface area contributed by atoms with Crippen molar-refractivity contribution in [1.29, 1.82) is 0 Å². The average molecular weight is 224 g/mol. The normalized spacial score (nSPS) is 30.3. The predicted molar refractivity (Wildman–Crippen MR) is 59.6 cm³/mol. The molecule has 0 spiro atoms. The Balaban J connectivity index is 2.14. The van der Waals surface area contributed by atoms with Gasteiger partial charge in [-0.05, 0) is 25.5 Å². The molecule has 1 aliphatic heterocycles. The largest absolute Gasteiger partial charge is 0.366 e. The highest BCUT2D eigenvalue weighted by Gasteiger charge is 2.29. The number of pyridine rings is 1. The number of nitrogens with one attached hydrogen (secondary N) is 1. The van der Waals surface area contributed by atoms with E-state index in [1.165, 1.54) is 12.3 Å². The predicted octanol–water partition coefficient (Wildman–Crippen LogP) is 2.05. The van der Waals surface area contributed by atoms with E-state index in [4.69, 9.17) is 4.74 Å². The van der Waals surface area contributed by atoms with Gasteiger partial charge >= 0.3 is 0 Å². The minimum absolute atomic E-state index is 0.0840. The number of halogens is 1. The SMILES string of the molecule is CCC1CNC(C)C(c2ccc(F)cn2)O1. The van der Waals surface area contributed by atoms with Gasteiger partial charge in [0.25, 0.3) is 0 Å². The van der Waals surface area contributed by atoms with Gasteiger partial charge in [0.15, 0.2) is 0 Å². The lowest BCUT2D eigenvalue weighted by Gasteiger charge is -2.35. The fourth-order valence-corrected chi connectivity index (χ4v) is 1.92. The Kier molecular flexibility index (Phi) is 3.51. The first-order chi connectivity index (χ1) is 7.70. The van der Waals surface area contributed by atoms with Crippen LogP contribution in [0.1, 0.15) is 32.1 Å². The van der Waals surface area contributed by atoms with Gasteiger partial charge in [-0.15, -0.1) is 0 Å². The number of nitrogens with zero attached hydrogens (tertiary/aromatic N) is 1. The number of ether oxygens (including phenoxy) is 1. The maximum absolute atomic E-state index is 12.8. The summed E-state index contributed by atoms with van der Waals surface area (Å²) < 4.78 is 18.7. The van der Waals surface area contributed by atoms with Crippen LogP contribution in [0.15, 0.2) is 18.3 Å². The zero-order valence-corrected chi connectivity index (χ0v) is 9.61.